The Morgan fingerprint density at radius 1 is 1.12 bits per heavy atom. The minimum absolute atomic E-state index is 0.110. The van der Waals surface area contributed by atoms with Crippen molar-refractivity contribution in [3.05, 3.63) is 54.1 Å². The predicted molar refractivity (Wildman–Crippen MR) is 90.8 cm³/mol. The molecule has 1 amide bonds. The van der Waals surface area contributed by atoms with Crippen LogP contribution in [-0.2, 0) is 19.6 Å². The first kappa shape index (κ1) is 18.1. The third-order valence-corrected chi connectivity index (χ3v) is 5.14. The second-order valence-electron chi connectivity index (χ2n) is 5.75. The molecule has 0 saturated carbocycles. The summed E-state index contributed by atoms with van der Waals surface area (Å²) < 4.78 is 27.1. The van der Waals surface area contributed by atoms with Gasteiger partial charge in [-0.15, -0.1) is 0 Å². The van der Waals surface area contributed by atoms with Gasteiger partial charge < -0.3 is 5.32 Å². The zero-order valence-corrected chi connectivity index (χ0v) is 14.4. The second kappa shape index (κ2) is 7.11. The first-order chi connectivity index (χ1) is 11.2. The van der Waals surface area contributed by atoms with Crippen molar-refractivity contribution in [1.29, 1.82) is 0 Å². The Morgan fingerprint density at radius 2 is 1.71 bits per heavy atom. The maximum Gasteiger partial charge on any atom is 0.240 e. The van der Waals surface area contributed by atoms with Gasteiger partial charge in [0.15, 0.2) is 5.78 Å². The molecule has 1 aromatic rings. The van der Waals surface area contributed by atoms with E-state index in [1.807, 2.05) is 6.92 Å². The molecule has 0 saturated heterocycles. The maximum absolute atomic E-state index is 12.3. The third-order valence-electron chi connectivity index (χ3n) is 3.66. The Balaban J connectivity index is 2.06. The van der Waals surface area contributed by atoms with Crippen molar-refractivity contribution in [2.45, 2.75) is 30.7 Å². The quantitative estimate of drug-likeness (QED) is 0.809. The average Bonchev–Trinajstić information content (AvgIpc) is 2.50. The van der Waals surface area contributed by atoms with Crippen LogP contribution in [0.15, 0.2) is 53.5 Å². The second-order valence-corrected chi connectivity index (χ2v) is 7.52. The van der Waals surface area contributed by atoms with E-state index in [0.717, 1.165) is 5.56 Å². The molecule has 0 fully saturated rings. The predicted octanol–water partition coefficient (Wildman–Crippen LogP) is 1.23. The fourth-order valence-corrected chi connectivity index (χ4v) is 3.44. The summed E-state index contributed by atoms with van der Waals surface area (Å²) in [5, 5.41) is 2.75. The molecule has 2 N–H and O–H groups in total. The van der Waals surface area contributed by atoms with Crippen molar-refractivity contribution in [2.24, 2.45) is 0 Å². The number of sulfonamides is 1. The molecule has 7 heteroatoms. The molecule has 2 rings (SSSR count). The van der Waals surface area contributed by atoms with Gasteiger partial charge in [0.1, 0.15) is 0 Å². The largest absolute Gasteiger partial charge is 0.344 e. The number of ketones is 1. The standard InChI is InChI=1S/C17H20N2O4S/c1-13-3-5-16(6-4-13)24(22,23)18-12-11-17(19-14(2)20)9-7-15(21)8-10-17/h3-10,18H,11-12H2,1-2H3,(H,19,20). The summed E-state index contributed by atoms with van der Waals surface area (Å²) in [6.45, 7) is 3.36. The molecule has 0 unspecified atom stereocenters. The molecule has 0 atom stereocenters. The van der Waals surface area contributed by atoms with E-state index in [1.165, 1.54) is 19.1 Å². The number of nitrogens with one attached hydrogen (secondary N) is 2. The summed E-state index contributed by atoms with van der Waals surface area (Å²) in [5.74, 6) is -0.434. The smallest absolute Gasteiger partial charge is 0.240 e. The summed E-state index contributed by atoms with van der Waals surface area (Å²) in [7, 11) is -3.62. The molecule has 1 aliphatic carbocycles. The van der Waals surface area contributed by atoms with Gasteiger partial charge in [-0.2, -0.15) is 0 Å². The molecular formula is C17H20N2O4S. The fraction of sp³-hybridized carbons (Fsp3) is 0.294. The normalized spacial score (nSPS) is 16.2. The highest BCUT2D eigenvalue weighted by atomic mass is 32.2. The van der Waals surface area contributed by atoms with Crippen molar-refractivity contribution in [3.63, 3.8) is 0 Å². The van der Waals surface area contributed by atoms with Gasteiger partial charge in [-0.1, -0.05) is 29.8 Å². The number of amides is 1. The van der Waals surface area contributed by atoms with Crippen molar-refractivity contribution in [3.8, 4) is 0 Å². The number of aryl methyl sites for hydroxylation is 1. The van der Waals surface area contributed by atoms with Crippen LogP contribution in [0.3, 0.4) is 0 Å². The van der Waals surface area contributed by atoms with Gasteiger partial charge in [0, 0.05) is 13.5 Å². The van der Waals surface area contributed by atoms with Crippen LogP contribution < -0.4 is 10.0 Å². The number of rotatable bonds is 6. The van der Waals surface area contributed by atoms with E-state index in [1.54, 1.807) is 36.4 Å². The van der Waals surface area contributed by atoms with Crippen molar-refractivity contribution >= 4 is 21.7 Å². The number of allylic oxidation sites excluding steroid dienone is 2. The Morgan fingerprint density at radius 3 is 2.25 bits per heavy atom. The zero-order chi connectivity index (χ0) is 17.8. The first-order valence-electron chi connectivity index (χ1n) is 7.50. The van der Waals surface area contributed by atoms with Crippen LogP contribution in [0.1, 0.15) is 18.9 Å². The SMILES string of the molecule is CC(=O)NC1(CCNS(=O)(=O)c2ccc(C)cc2)C=CC(=O)C=C1. The number of hydrogen-bond acceptors (Lipinski definition) is 4. The van der Waals surface area contributed by atoms with Crippen LogP contribution in [0.5, 0.6) is 0 Å². The van der Waals surface area contributed by atoms with E-state index in [9.17, 15) is 18.0 Å². The highest BCUT2D eigenvalue weighted by Gasteiger charge is 2.28. The van der Waals surface area contributed by atoms with Gasteiger partial charge in [0.25, 0.3) is 0 Å². The van der Waals surface area contributed by atoms with E-state index < -0.39 is 15.6 Å². The summed E-state index contributed by atoms with van der Waals surface area (Å²) in [5.41, 5.74) is 0.107. The average molecular weight is 348 g/mol. The third kappa shape index (κ3) is 4.62. The summed E-state index contributed by atoms with van der Waals surface area (Å²) in [6.07, 6.45) is 6.18. The van der Waals surface area contributed by atoms with Gasteiger partial charge in [0.05, 0.1) is 10.4 Å². The molecular weight excluding hydrogens is 328 g/mol. The number of benzene rings is 1. The molecule has 0 heterocycles. The number of carbonyl (C=O) groups is 2. The topological polar surface area (TPSA) is 92.3 Å². The van der Waals surface area contributed by atoms with Gasteiger partial charge in [-0.25, -0.2) is 13.1 Å². The lowest BCUT2D eigenvalue weighted by Gasteiger charge is -2.29. The Labute approximate surface area is 141 Å². The van der Waals surface area contributed by atoms with Crippen LogP contribution in [0.25, 0.3) is 0 Å². The Bertz CT molecular complexity index is 776. The van der Waals surface area contributed by atoms with E-state index in [2.05, 4.69) is 10.0 Å². The van der Waals surface area contributed by atoms with Crippen LogP contribution in [0.2, 0.25) is 0 Å². The van der Waals surface area contributed by atoms with E-state index in [4.69, 9.17) is 0 Å². The van der Waals surface area contributed by atoms with Crippen molar-refractivity contribution in [1.82, 2.24) is 10.0 Å². The van der Waals surface area contributed by atoms with Crippen molar-refractivity contribution < 1.29 is 18.0 Å². The minimum atomic E-state index is -3.62. The molecule has 128 valence electrons. The van der Waals surface area contributed by atoms with Crippen LogP contribution in [-0.4, -0.2) is 32.2 Å². The van der Waals surface area contributed by atoms with Crippen molar-refractivity contribution in [2.75, 3.05) is 6.54 Å². The molecule has 1 aromatic carbocycles. The maximum atomic E-state index is 12.3. The molecule has 24 heavy (non-hydrogen) atoms. The summed E-state index contributed by atoms with van der Waals surface area (Å²) >= 11 is 0. The highest BCUT2D eigenvalue weighted by molar-refractivity contribution is 7.89. The lowest BCUT2D eigenvalue weighted by molar-refractivity contribution is -0.120. The highest BCUT2D eigenvalue weighted by Crippen LogP contribution is 2.19. The van der Waals surface area contributed by atoms with Gasteiger partial charge in [-0.05, 0) is 37.6 Å². The molecule has 0 bridgehead atoms. The molecule has 0 spiro atoms. The molecule has 1 aliphatic rings. The molecule has 0 radical (unpaired) electrons. The number of carbonyl (C=O) groups excluding carboxylic acids is 2. The van der Waals surface area contributed by atoms with E-state index in [-0.39, 0.29) is 29.6 Å². The summed E-state index contributed by atoms with van der Waals surface area (Å²) in [4.78, 5) is 22.9. The van der Waals surface area contributed by atoms with Gasteiger partial charge in [0.2, 0.25) is 15.9 Å². The summed E-state index contributed by atoms with van der Waals surface area (Å²) in [6, 6.07) is 6.54. The fourth-order valence-electron chi connectivity index (χ4n) is 2.41. The first-order valence-corrected chi connectivity index (χ1v) is 8.98. The molecule has 0 aromatic heterocycles. The van der Waals surface area contributed by atoms with E-state index in [0.29, 0.717) is 0 Å². The number of hydrogen-bond donors (Lipinski definition) is 2. The molecule has 6 nitrogen and oxygen atoms in total. The minimum Gasteiger partial charge on any atom is -0.344 e. The zero-order valence-electron chi connectivity index (χ0n) is 13.6. The van der Waals surface area contributed by atoms with Crippen LogP contribution in [0, 0.1) is 6.92 Å². The lowest BCUT2D eigenvalue weighted by Crippen LogP contribution is -2.47. The molecule has 0 aliphatic heterocycles. The van der Waals surface area contributed by atoms with Crippen LogP contribution >= 0.6 is 0 Å². The van der Waals surface area contributed by atoms with Gasteiger partial charge >= 0.3 is 0 Å². The lowest BCUT2D eigenvalue weighted by atomic mass is 9.90. The van der Waals surface area contributed by atoms with E-state index >= 15 is 0 Å². The van der Waals surface area contributed by atoms with Gasteiger partial charge in [-0.3, -0.25) is 9.59 Å². The Hall–Kier alpha value is -2.25. The monoisotopic (exact) mass is 348 g/mol. The Kier molecular flexibility index (Phi) is 5.36. The van der Waals surface area contributed by atoms with Crippen LogP contribution in [0.4, 0.5) is 0 Å².